The number of fused-ring (bicyclic) bond motifs is 1. The summed E-state index contributed by atoms with van der Waals surface area (Å²) in [7, 11) is 0. The van der Waals surface area contributed by atoms with E-state index in [1.54, 1.807) is 0 Å². The van der Waals surface area contributed by atoms with Gasteiger partial charge in [0.05, 0.1) is 0 Å². The molecule has 2 nitrogen and oxygen atoms in total. The molecule has 0 N–H and O–H groups in total. The second kappa shape index (κ2) is 16.9. The van der Waals surface area contributed by atoms with Crippen LogP contribution in [0.3, 0.4) is 0 Å². The summed E-state index contributed by atoms with van der Waals surface area (Å²) in [4.78, 5) is 4.72. The van der Waals surface area contributed by atoms with Crippen LogP contribution in [0.2, 0.25) is 0 Å². The zero-order valence-corrected chi connectivity index (χ0v) is 34.4. The van der Waals surface area contributed by atoms with Crippen molar-refractivity contribution in [3.8, 4) is 0 Å². The van der Waals surface area contributed by atoms with E-state index in [0.717, 1.165) is 39.7 Å². The molecular weight excluding hydrogens is 677 g/mol. The van der Waals surface area contributed by atoms with Crippen molar-refractivity contribution in [1.29, 1.82) is 0 Å². The van der Waals surface area contributed by atoms with Gasteiger partial charge in [0.1, 0.15) is 0 Å². The summed E-state index contributed by atoms with van der Waals surface area (Å²) in [6.07, 6.45) is 4.43. The molecule has 56 heavy (non-hydrogen) atoms. The lowest BCUT2D eigenvalue weighted by molar-refractivity contribution is 0.866. The van der Waals surface area contributed by atoms with E-state index >= 15 is 0 Å². The molecule has 0 aromatic heterocycles. The molecule has 0 radical (unpaired) electrons. The summed E-state index contributed by atoms with van der Waals surface area (Å²) in [6, 6.07) is 58.5. The molecule has 7 rings (SSSR count). The second-order valence-electron chi connectivity index (χ2n) is 16.4. The van der Waals surface area contributed by atoms with E-state index in [9.17, 15) is 0 Å². The normalized spacial score (nSPS) is 11.8. The first kappa shape index (κ1) is 38.4. The van der Waals surface area contributed by atoms with Crippen LogP contribution in [0.15, 0.2) is 158 Å². The van der Waals surface area contributed by atoms with Crippen molar-refractivity contribution in [2.75, 3.05) is 9.80 Å². The zero-order chi connectivity index (χ0) is 39.3. The monoisotopic (exact) mass is 732 g/mol. The van der Waals surface area contributed by atoms with Crippen molar-refractivity contribution in [1.82, 2.24) is 0 Å². The number of rotatable bonds is 12. The molecule has 7 aromatic carbocycles. The average Bonchev–Trinajstić information content (AvgIpc) is 3.21. The Bertz CT molecular complexity index is 2280. The molecule has 0 saturated carbocycles. The van der Waals surface area contributed by atoms with Crippen LogP contribution < -0.4 is 9.80 Å². The van der Waals surface area contributed by atoms with Crippen LogP contribution in [-0.2, 0) is 0 Å². The molecule has 0 fully saturated rings. The Balaban J connectivity index is 1.14. The molecule has 0 bridgehead atoms. The molecule has 0 heterocycles. The molecule has 282 valence electrons. The summed E-state index contributed by atoms with van der Waals surface area (Å²) in [5.74, 6) is 1.98. The van der Waals surface area contributed by atoms with E-state index in [1.165, 1.54) is 38.6 Å². The minimum Gasteiger partial charge on any atom is -0.311 e. The number of benzene rings is 7. The van der Waals surface area contributed by atoms with Crippen LogP contribution in [0.5, 0.6) is 0 Å². The van der Waals surface area contributed by atoms with E-state index in [0.29, 0.717) is 23.7 Å². The maximum Gasteiger partial charge on any atom is 0.0468 e. The maximum atomic E-state index is 2.37. The Kier molecular flexibility index (Phi) is 11.6. The van der Waals surface area contributed by atoms with Crippen LogP contribution in [0.25, 0.3) is 22.9 Å². The van der Waals surface area contributed by atoms with Crippen LogP contribution >= 0.6 is 0 Å². The first-order valence-corrected chi connectivity index (χ1v) is 20.4. The van der Waals surface area contributed by atoms with Crippen LogP contribution in [0.1, 0.15) is 112 Å². The largest absolute Gasteiger partial charge is 0.311 e. The van der Waals surface area contributed by atoms with Gasteiger partial charge in [-0.25, -0.2) is 0 Å². The lowest BCUT2D eigenvalue weighted by Crippen LogP contribution is -2.10. The van der Waals surface area contributed by atoms with Gasteiger partial charge in [-0.3, -0.25) is 0 Å². The third kappa shape index (κ3) is 8.66. The maximum absolute atomic E-state index is 2.37. The van der Waals surface area contributed by atoms with Crippen LogP contribution in [0.4, 0.5) is 34.1 Å². The molecule has 7 aromatic rings. The van der Waals surface area contributed by atoms with Gasteiger partial charge < -0.3 is 9.80 Å². The molecule has 0 spiro atoms. The minimum absolute atomic E-state index is 0.493. The Morgan fingerprint density at radius 2 is 0.554 bits per heavy atom. The summed E-state index contributed by atoms with van der Waals surface area (Å²) in [6.45, 7) is 18.0. The highest BCUT2D eigenvalue weighted by Crippen LogP contribution is 2.39. The minimum atomic E-state index is 0.493. The Morgan fingerprint density at radius 3 is 0.929 bits per heavy atom. The van der Waals surface area contributed by atoms with Gasteiger partial charge in [0.25, 0.3) is 0 Å². The first-order chi connectivity index (χ1) is 27.0. The van der Waals surface area contributed by atoms with E-state index < -0.39 is 0 Å². The predicted octanol–water partition coefficient (Wildman–Crippen LogP) is 16.4. The fourth-order valence-electron chi connectivity index (χ4n) is 7.35. The molecule has 0 saturated heterocycles. The SMILES string of the molecule is CC(C)c1ccc(N(c2ccc(C=Cc3ccc4cc(N(c5ccc(C(C)C)cc5)c5ccc(C(C)C)cc5)ccc4c3)cc2)c2ccc(C(C)C)cc2)cc1. The third-order valence-electron chi connectivity index (χ3n) is 11.0. The lowest BCUT2D eigenvalue weighted by atomic mass is 10.0. The van der Waals surface area contributed by atoms with Gasteiger partial charge >= 0.3 is 0 Å². The smallest absolute Gasteiger partial charge is 0.0468 e. The van der Waals surface area contributed by atoms with E-state index in [4.69, 9.17) is 0 Å². The summed E-state index contributed by atoms with van der Waals surface area (Å²) < 4.78 is 0. The van der Waals surface area contributed by atoms with Gasteiger partial charge in [-0.1, -0.05) is 146 Å². The van der Waals surface area contributed by atoms with Crippen molar-refractivity contribution in [2.24, 2.45) is 0 Å². The van der Waals surface area contributed by atoms with Crippen molar-refractivity contribution < 1.29 is 0 Å². The van der Waals surface area contributed by atoms with Gasteiger partial charge in [0, 0.05) is 34.1 Å². The highest BCUT2D eigenvalue weighted by Gasteiger charge is 2.16. The topological polar surface area (TPSA) is 6.48 Å². The highest BCUT2D eigenvalue weighted by atomic mass is 15.1. The molecule has 0 unspecified atom stereocenters. The average molecular weight is 733 g/mol. The van der Waals surface area contributed by atoms with Crippen molar-refractivity contribution in [3.05, 3.63) is 191 Å². The molecule has 2 heteroatoms. The van der Waals surface area contributed by atoms with Gasteiger partial charge in [0.2, 0.25) is 0 Å². The van der Waals surface area contributed by atoms with E-state index in [2.05, 4.69) is 235 Å². The van der Waals surface area contributed by atoms with E-state index in [1.807, 2.05) is 0 Å². The van der Waals surface area contributed by atoms with Gasteiger partial charge in [0.15, 0.2) is 0 Å². The zero-order valence-electron chi connectivity index (χ0n) is 34.4. The molecular formula is C54H56N2. The quantitative estimate of drug-likeness (QED) is 0.115. The number of hydrogen-bond acceptors (Lipinski definition) is 2. The molecule has 0 atom stereocenters. The lowest BCUT2D eigenvalue weighted by Gasteiger charge is -2.26. The Labute approximate surface area is 335 Å². The number of nitrogens with zero attached hydrogens (tertiary/aromatic N) is 2. The fraction of sp³-hybridized carbons (Fsp3) is 0.222. The van der Waals surface area contributed by atoms with Gasteiger partial charge in [-0.2, -0.15) is 0 Å². The molecule has 0 aliphatic rings. The standard InChI is InChI=1S/C54H56N2/c1-37(2)43-15-26-50(27-16-43)55(51-28-17-44(18-29-51)38(3)4)49-24-12-41(13-25-49)9-10-42-11-14-48-36-54(34-23-47(48)35-42)56(52-30-19-45(20-31-52)39(5)6)53-32-21-46(22-33-53)40(7)8/h9-40H,1-8H3. The van der Waals surface area contributed by atoms with Crippen molar-refractivity contribution in [2.45, 2.75) is 79.1 Å². The molecule has 0 aliphatic heterocycles. The van der Waals surface area contributed by atoms with Gasteiger partial charge in [-0.05, 0) is 147 Å². The van der Waals surface area contributed by atoms with Crippen LogP contribution in [-0.4, -0.2) is 0 Å². The van der Waals surface area contributed by atoms with E-state index in [-0.39, 0.29) is 0 Å². The first-order valence-electron chi connectivity index (χ1n) is 20.4. The summed E-state index contributed by atoms with van der Waals surface area (Å²) in [5.41, 5.74) is 14.7. The van der Waals surface area contributed by atoms with Crippen molar-refractivity contribution in [3.63, 3.8) is 0 Å². The Hall–Kier alpha value is -5.86. The fourth-order valence-corrected chi connectivity index (χ4v) is 7.35. The van der Waals surface area contributed by atoms with Gasteiger partial charge in [-0.15, -0.1) is 0 Å². The van der Waals surface area contributed by atoms with Crippen LogP contribution in [0, 0.1) is 0 Å². The summed E-state index contributed by atoms with van der Waals surface area (Å²) in [5, 5.41) is 2.44. The highest BCUT2D eigenvalue weighted by molar-refractivity contribution is 5.91. The predicted molar refractivity (Wildman–Crippen MR) is 245 cm³/mol. The molecule has 0 aliphatic carbocycles. The third-order valence-corrected chi connectivity index (χ3v) is 11.0. The molecule has 0 amide bonds. The number of hydrogen-bond donors (Lipinski definition) is 0. The van der Waals surface area contributed by atoms with Crippen molar-refractivity contribution >= 4 is 57.0 Å². The second-order valence-corrected chi connectivity index (χ2v) is 16.4. The Morgan fingerprint density at radius 1 is 0.286 bits per heavy atom. The number of anilines is 6. The summed E-state index contributed by atoms with van der Waals surface area (Å²) >= 11 is 0.